The van der Waals surface area contributed by atoms with Crippen molar-refractivity contribution in [1.82, 2.24) is 0 Å². The molecular weight excluding hydrogens is 176 g/mol. The molecule has 2 heteroatoms. The number of carbonyl (C=O) groups is 1. The third kappa shape index (κ3) is 2.37. The Kier molecular flexibility index (Phi) is 3.30. The minimum absolute atomic E-state index is 0.152. The van der Waals surface area contributed by atoms with Crippen molar-refractivity contribution < 1.29 is 9.53 Å². The van der Waals surface area contributed by atoms with Gasteiger partial charge in [0.1, 0.15) is 5.75 Å². The number of ether oxygens (including phenoxy) is 1. The molecule has 0 heterocycles. The van der Waals surface area contributed by atoms with E-state index in [1.165, 1.54) is 0 Å². The van der Waals surface area contributed by atoms with Crippen LogP contribution in [-0.4, -0.2) is 5.97 Å². The normalized spacial score (nSPS) is 9.57. The first kappa shape index (κ1) is 10.3. The minimum atomic E-state index is -0.271. The summed E-state index contributed by atoms with van der Waals surface area (Å²) in [5.74, 6) is 2.49. The van der Waals surface area contributed by atoms with Gasteiger partial charge in [-0.3, -0.25) is 4.79 Å². The number of hydrogen-bond donors (Lipinski definition) is 0. The van der Waals surface area contributed by atoms with E-state index in [9.17, 15) is 4.79 Å². The van der Waals surface area contributed by atoms with Crippen molar-refractivity contribution in [2.45, 2.75) is 13.8 Å². The van der Waals surface area contributed by atoms with Crippen LogP contribution in [-0.2, 0) is 4.79 Å². The van der Waals surface area contributed by atoms with Gasteiger partial charge < -0.3 is 4.74 Å². The molecule has 0 aliphatic carbocycles. The van der Waals surface area contributed by atoms with Crippen LogP contribution in [0.25, 0.3) is 0 Å². The summed E-state index contributed by atoms with van der Waals surface area (Å²) in [4.78, 5) is 11.3. The maximum atomic E-state index is 11.3. The lowest BCUT2D eigenvalue weighted by Gasteiger charge is -2.07. The first-order valence-corrected chi connectivity index (χ1v) is 4.42. The van der Waals surface area contributed by atoms with Crippen LogP contribution < -0.4 is 4.74 Å². The van der Waals surface area contributed by atoms with Crippen molar-refractivity contribution >= 4 is 5.97 Å². The lowest BCUT2D eigenvalue weighted by atomic mass is 10.2. The predicted octanol–water partition coefficient (Wildman–Crippen LogP) is 2.23. The van der Waals surface area contributed by atoms with Crippen LogP contribution in [0.15, 0.2) is 24.3 Å². The summed E-state index contributed by atoms with van der Waals surface area (Å²) in [5.41, 5.74) is 0.599. The van der Waals surface area contributed by atoms with Crippen molar-refractivity contribution in [3.8, 4) is 18.1 Å². The number of rotatable bonds is 2. The summed E-state index contributed by atoms with van der Waals surface area (Å²) in [6.07, 6.45) is 5.26. The first-order valence-electron chi connectivity index (χ1n) is 4.42. The van der Waals surface area contributed by atoms with Gasteiger partial charge in [0.25, 0.3) is 0 Å². The summed E-state index contributed by atoms with van der Waals surface area (Å²) >= 11 is 0. The minimum Gasteiger partial charge on any atom is -0.425 e. The van der Waals surface area contributed by atoms with E-state index in [0.29, 0.717) is 11.3 Å². The second kappa shape index (κ2) is 4.48. The third-order valence-corrected chi connectivity index (χ3v) is 1.72. The van der Waals surface area contributed by atoms with E-state index in [1.54, 1.807) is 32.0 Å². The van der Waals surface area contributed by atoms with Gasteiger partial charge in [0.05, 0.1) is 11.5 Å². The molecule has 0 radical (unpaired) electrons. The zero-order chi connectivity index (χ0) is 10.6. The molecule has 72 valence electrons. The van der Waals surface area contributed by atoms with Crippen LogP contribution in [0, 0.1) is 18.3 Å². The van der Waals surface area contributed by atoms with E-state index in [1.807, 2.05) is 6.07 Å². The molecule has 14 heavy (non-hydrogen) atoms. The van der Waals surface area contributed by atoms with Crippen molar-refractivity contribution in [3.63, 3.8) is 0 Å². The van der Waals surface area contributed by atoms with Crippen LogP contribution in [0.4, 0.5) is 0 Å². The van der Waals surface area contributed by atoms with E-state index in [-0.39, 0.29) is 11.9 Å². The Hall–Kier alpha value is -1.75. The maximum Gasteiger partial charge on any atom is 0.313 e. The van der Waals surface area contributed by atoms with Gasteiger partial charge in [0, 0.05) is 0 Å². The zero-order valence-electron chi connectivity index (χ0n) is 8.28. The fourth-order valence-corrected chi connectivity index (χ4v) is 0.901. The maximum absolute atomic E-state index is 11.3. The molecule has 0 aliphatic rings. The highest BCUT2D eigenvalue weighted by Gasteiger charge is 2.11. The highest BCUT2D eigenvalue weighted by Crippen LogP contribution is 2.17. The van der Waals surface area contributed by atoms with Gasteiger partial charge in [-0.05, 0) is 12.1 Å². The second-order valence-electron chi connectivity index (χ2n) is 3.22. The Labute approximate surface area is 83.9 Å². The molecule has 0 aromatic heterocycles. The predicted molar refractivity (Wildman–Crippen MR) is 54.9 cm³/mol. The van der Waals surface area contributed by atoms with E-state index in [4.69, 9.17) is 11.2 Å². The monoisotopic (exact) mass is 188 g/mol. The van der Waals surface area contributed by atoms with Crippen LogP contribution in [0.3, 0.4) is 0 Å². The summed E-state index contributed by atoms with van der Waals surface area (Å²) < 4.78 is 5.12. The molecule has 1 aromatic rings. The SMILES string of the molecule is C#Cc1ccccc1OC(=O)C(C)C. The lowest BCUT2D eigenvalue weighted by molar-refractivity contribution is -0.137. The van der Waals surface area contributed by atoms with Gasteiger partial charge in [0.2, 0.25) is 0 Å². The van der Waals surface area contributed by atoms with E-state index in [2.05, 4.69) is 5.92 Å². The molecular formula is C12H12O2. The van der Waals surface area contributed by atoms with Gasteiger partial charge in [-0.25, -0.2) is 0 Å². The lowest BCUT2D eigenvalue weighted by Crippen LogP contribution is -2.15. The number of carbonyl (C=O) groups excluding carboxylic acids is 1. The summed E-state index contributed by atoms with van der Waals surface area (Å²) in [7, 11) is 0. The number of terminal acetylenes is 1. The Morgan fingerprint density at radius 1 is 1.43 bits per heavy atom. The quantitative estimate of drug-likeness (QED) is 0.404. The van der Waals surface area contributed by atoms with Gasteiger partial charge in [-0.2, -0.15) is 0 Å². The highest BCUT2D eigenvalue weighted by molar-refractivity contribution is 5.75. The largest absolute Gasteiger partial charge is 0.425 e. The summed E-state index contributed by atoms with van der Waals surface area (Å²) in [5, 5.41) is 0. The second-order valence-corrected chi connectivity index (χ2v) is 3.22. The summed E-state index contributed by atoms with van der Waals surface area (Å²) in [6.45, 7) is 3.56. The van der Waals surface area contributed by atoms with Crippen LogP contribution >= 0.6 is 0 Å². The molecule has 2 nitrogen and oxygen atoms in total. The highest BCUT2D eigenvalue weighted by atomic mass is 16.5. The molecule has 0 atom stereocenters. The van der Waals surface area contributed by atoms with Gasteiger partial charge in [-0.15, -0.1) is 6.42 Å². The Morgan fingerprint density at radius 3 is 2.64 bits per heavy atom. The topological polar surface area (TPSA) is 26.3 Å². The first-order chi connectivity index (χ1) is 6.65. The molecule has 0 amide bonds. The number of para-hydroxylation sites is 1. The molecule has 0 fully saturated rings. The number of esters is 1. The third-order valence-electron chi connectivity index (χ3n) is 1.72. The zero-order valence-corrected chi connectivity index (χ0v) is 8.28. The van der Waals surface area contributed by atoms with Gasteiger partial charge >= 0.3 is 5.97 Å². The fraction of sp³-hybridized carbons (Fsp3) is 0.250. The average molecular weight is 188 g/mol. The molecule has 0 saturated carbocycles. The molecule has 0 spiro atoms. The summed E-state index contributed by atoms with van der Waals surface area (Å²) in [6, 6.07) is 7.02. The molecule has 1 aromatic carbocycles. The molecule has 0 saturated heterocycles. The van der Waals surface area contributed by atoms with Crippen molar-refractivity contribution in [1.29, 1.82) is 0 Å². The van der Waals surface area contributed by atoms with Crippen molar-refractivity contribution in [2.75, 3.05) is 0 Å². The van der Waals surface area contributed by atoms with Crippen molar-refractivity contribution in [3.05, 3.63) is 29.8 Å². The molecule has 0 aliphatic heterocycles. The molecule has 1 rings (SSSR count). The molecule has 0 N–H and O–H groups in total. The standard InChI is InChI=1S/C12H12O2/c1-4-10-7-5-6-8-11(10)14-12(13)9(2)3/h1,5-9H,2-3H3. The molecule has 0 bridgehead atoms. The Balaban J connectivity index is 2.87. The van der Waals surface area contributed by atoms with E-state index < -0.39 is 0 Å². The Morgan fingerprint density at radius 2 is 2.07 bits per heavy atom. The van der Waals surface area contributed by atoms with E-state index in [0.717, 1.165) is 0 Å². The van der Waals surface area contributed by atoms with E-state index >= 15 is 0 Å². The smallest absolute Gasteiger partial charge is 0.313 e. The molecule has 0 unspecified atom stereocenters. The van der Waals surface area contributed by atoms with Crippen molar-refractivity contribution in [2.24, 2.45) is 5.92 Å². The number of benzene rings is 1. The number of hydrogen-bond acceptors (Lipinski definition) is 2. The van der Waals surface area contributed by atoms with Crippen LogP contribution in [0.5, 0.6) is 5.75 Å². The Bertz CT molecular complexity index is 372. The average Bonchev–Trinajstić information content (AvgIpc) is 2.18. The fourth-order valence-electron chi connectivity index (χ4n) is 0.901. The van der Waals surface area contributed by atoms with Crippen LogP contribution in [0.2, 0.25) is 0 Å². The van der Waals surface area contributed by atoms with Gasteiger partial charge in [-0.1, -0.05) is 31.9 Å². The van der Waals surface area contributed by atoms with Gasteiger partial charge in [0.15, 0.2) is 0 Å². The van der Waals surface area contributed by atoms with Crippen LogP contribution in [0.1, 0.15) is 19.4 Å².